The molecule has 3 atom stereocenters. The summed E-state index contributed by atoms with van der Waals surface area (Å²) in [6.45, 7) is 18.3. The first-order valence-corrected chi connectivity index (χ1v) is 9.79. The summed E-state index contributed by atoms with van der Waals surface area (Å²) in [5.74, 6) is 0. The topological polar surface area (TPSA) is 24.9 Å². The molecule has 0 aliphatic carbocycles. The highest BCUT2D eigenvalue weighted by molar-refractivity contribution is 7.81. The van der Waals surface area contributed by atoms with Gasteiger partial charge < -0.3 is 14.4 Å². The fourth-order valence-electron chi connectivity index (χ4n) is 3.78. The molecule has 4 nitrogen and oxygen atoms in total. The number of ether oxygens (including phenoxy) is 2. The zero-order valence-corrected chi connectivity index (χ0v) is 17.7. The number of likely N-dealkylation sites (N-methyl/N-ethyl adjacent to an activating group) is 1. The molecule has 0 aromatic heterocycles. The second-order valence-electron chi connectivity index (χ2n) is 9.61. The predicted octanol–water partition coefficient (Wildman–Crippen LogP) is 3.27. The van der Waals surface area contributed by atoms with Gasteiger partial charge in [-0.1, -0.05) is 13.8 Å². The molecule has 0 aromatic rings. The van der Waals surface area contributed by atoms with Crippen LogP contribution in [0.3, 0.4) is 0 Å². The first-order valence-electron chi connectivity index (χ1n) is 9.35. The molecule has 2 heterocycles. The number of likely N-dealkylation sites (tertiary alicyclic amines) is 2. The molecular formula is C19H38N2O2S. The Labute approximate surface area is 154 Å². The Morgan fingerprint density at radius 2 is 1.88 bits per heavy atom. The van der Waals surface area contributed by atoms with E-state index in [4.69, 9.17) is 22.1 Å². The second kappa shape index (κ2) is 7.43. The number of hydrogen-bond donors (Lipinski definition) is 1. The van der Waals surface area contributed by atoms with Crippen molar-refractivity contribution in [2.24, 2.45) is 5.41 Å². The summed E-state index contributed by atoms with van der Waals surface area (Å²) in [7, 11) is 2.15. The van der Waals surface area contributed by atoms with Gasteiger partial charge in [-0.05, 0) is 53.0 Å². The molecule has 142 valence electrons. The Hall–Kier alpha value is 0.190. The Kier molecular flexibility index (Phi) is 6.35. The van der Waals surface area contributed by atoms with Crippen molar-refractivity contribution in [3.8, 4) is 0 Å². The summed E-state index contributed by atoms with van der Waals surface area (Å²) in [4.78, 5) is 4.50. The van der Waals surface area contributed by atoms with Crippen LogP contribution in [0, 0.1) is 5.41 Å². The Bertz CT molecular complexity index is 420. The van der Waals surface area contributed by atoms with Crippen molar-refractivity contribution in [1.29, 1.82) is 0 Å². The quantitative estimate of drug-likeness (QED) is 0.558. The minimum atomic E-state index is -0.356. The molecule has 24 heavy (non-hydrogen) atoms. The van der Waals surface area contributed by atoms with Crippen LogP contribution in [0.1, 0.15) is 54.4 Å². The summed E-state index contributed by atoms with van der Waals surface area (Å²) >= 11 is 4.80. The standard InChI is InChI=1S/C19H38N2O2S/c1-17(2,3)22-13-16-18(4,5)14-21(16)11-9-19(6,24)23-15-8-10-20(7)12-15/h15-16,24H,8-14H2,1-7H3. The lowest BCUT2D eigenvalue weighted by Gasteiger charge is -2.55. The van der Waals surface area contributed by atoms with Gasteiger partial charge in [-0.2, -0.15) is 0 Å². The van der Waals surface area contributed by atoms with Gasteiger partial charge >= 0.3 is 0 Å². The van der Waals surface area contributed by atoms with Gasteiger partial charge in [-0.15, -0.1) is 12.6 Å². The van der Waals surface area contributed by atoms with Crippen LogP contribution < -0.4 is 0 Å². The minimum Gasteiger partial charge on any atom is -0.374 e. The molecule has 2 rings (SSSR count). The van der Waals surface area contributed by atoms with E-state index in [1.807, 2.05) is 0 Å². The molecule has 2 saturated heterocycles. The van der Waals surface area contributed by atoms with Crippen molar-refractivity contribution < 1.29 is 9.47 Å². The third-order valence-electron chi connectivity index (χ3n) is 5.26. The highest BCUT2D eigenvalue weighted by Gasteiger charge is 2.46. The van der Waals surface area contributed by atoms with E-state index in [9.17, 15) is 0 Å². The van der Waals surface area contributed by atoms with E-state index < -0.39 is 0 Å². The van der Waals surface area contributed by atoms with E-state index >= 15 is 0 Å². The summed E-state index contributed by atoms with van der Waals surface area (Å²) in [5, 5.41) is 0. The average molecular weight is 359 g/mol. The average Bonchev–Trinajstić information content (AvgIpc) is 2.77. The Balaban J connectivity index is 1.79. The summed E-state index contributed by atoms with van der Waals surface area (Å²) < 4.78 is 12.3. The van der Waals surface area contributed by atoms with Crippen LogP contribution >= 0.6 is 12.6 Å². The third kappa shape index (κ3) is 5.87. The molecule has 0 bridgehead atoms. The van der Waals surface area contributed by atoms with Gasteiger partial charge in [0.2, 0.25) is 0 Å². The molecule has 3 unspecified atom stereocenters. The largest absolute Gasteiger partial charge is 0.374 e. The van der Waals surface area contributed by atoms with E-state index in [0.29, 0.717) is 17.6 Å². The van der Waals surface area contributed by atoms with Crippen LogP contribution in [-0.2, 0) is 9.47 Å². The molecule has 0 saturated carbocycles. The van der Waals surface area contributed by atoms with Crippen LogP contribution in [0.15, 0.2) is 0 Å². The van der Waals surface area contributed by atoms with E-state index in [1.54, 1.807) is 0 Å². The van der Waals surface area contributed by atoms with Gasteiger partial charge in [0.1, 0.15) is 4.93 Å². The van der Waals surface area contributed by atoms with Crippen LogP contribution in [0.2, 0.25) is 0 Å². The van der Waals surface area contributed by atoms with E-state index in [1.165, 1.54) is 0 Å². The normalized spacial score (nSPS) is 31.0. The predicted molar refractivity (Wildman–Crippen MR) is 104 cm³/mol. The zero-order valence-electron chi connectivity index (χ0n) is 16.8. The van der Waals surface area contributed by atoms with Crippen molar-refractivity contribution in [3.63, 3.8) is 0 Å². The second-order valence-corrected chi connectivity index (χ2v) is 10.6. The maximum Gasteiger partial charge on any atom is 0.109 e. The fourth-order valence-corrected chi connectivity index (χ4v) is 4.02. The maximum atomic E-state index is 6.25. The highest BCUT2D eigenvalue weighted by atomic mass is 32.1. The lowest BCUT2D eigenvalue weighted by molar-refractivity contribution is -0.127. The Morgan fingerprint density at radius 1 is 1.21 bits per heavy atom. The van der Waals surface area contributed by atoms with E-state index in [-0.39, 0.29) is 10.5 Å². The summed E-state index contributed by atoms with van der Waals surface area (Å²) in [6.07, 6.45) is 2.38. The molecule has 0 aromatic carbocycles. The summed E-state index contributed by atoms with van der Waals surface area (Å²) in [5.41, 5.74) is 0.250. The zero-order chi connectivity index (χ0) is 18.2. The first kappa shape index (κ1) is 20.5. The number of hydrogen-bond acceptors (Lipinski definition) is 5. The van der Waals surface area contributed by atoms with Crippen molar-refractivity contribution in [3.05, 3.63) is 0 Å². The van der Waals surface area contributed by atoms with Crippen molar-refractivity contribution in [1.82, 2.24) is 9.80 Å². The van der Waals surface area contributed by atoms with Crippen LogP contribution in [-0.4, -0.2) is 72.3 Å². The van der Waals surface area contributed by atoms with Gasteiger partial charge in [-0.3, -0.25) is 4.90 Å². The van der Waals surface area contributed by atoms with Gasteiger partial charge in [0.25, 0.3) is 0 Å². The summed E-state index contributed by atoms with van der Waals surface area (Å²) in [6, 6.07) is 0.485. The number of nitrogens with zero attached hydrogens (tertiary/aromatic N) is 2. The molecule has 2 fully saturated rings. The van der Waals surface area contributed by atoms with E-state index in [0.717, 1.165) is 45.6 Å². The molecule has 0 amide bonds. The molecule has 0 spiro atoms. The van der Waals surface area contributed by atoms with Gasteiger partial charge in [0, 0.05) is 32.2 Å². The molecule has 2 aliphatic rings. The van der Waals surface area contributed by atoms with Gasteiger partial charge in [0.05, 0.1) is 18.3 Å². The lowest BCUT2D eigenvalue weighted by atomic mass is 9.75. The van der Waals surface area contributed by atoms with Crippen molar-refractivity contribution >= 4 is 12.6 Å². The SMILES string of the molecule is CN1CCC(OC(C)(S)CCN2CC(C)(C)C2COC(C)(C)C)C1. The number of thiol groups is 1. The molecule has 0 radical (unpaired) electrons. The van der Waals surface area contributed by atoms with Crippen LogP contribution in [0.5, 0.6) is 0 Å². The Morgan fingerprint density at radius 3 is 2.38 bits per heavy atom. The lowest BCUT2D eigenvalue weighted by Crippen LogP contribution is -2.64. The van der Waals surface area contributed by atoms with Gasteiger partial charge in [-0.25, -0.2) is 0 Å². The molecule has 2 aliphatic heterocycles. The fraction of sp³-hybridized carbons (Fsp3) is 1.00. The van der Waals surface area contributed by atoms with Crippen LogP contribution in [0.4, 0.5) is 0 Å². The third-order valence-corrected chi connectivity index (χ3v) is 5.59. The van der Waals surface area contributed by atoms with Crippen LogP contribution in [0.25, 0.3) is 0 Å². The van der Waals surface area contributed by atoms with E-state index in [2.05, 4.69) is 58.4 Å². The molecule has 0 N–H and O–H groups in total. The smallest absolute Gasteiger partial charge is 0.109 e. The van der Waals surface area contributed by atoms with Gasteiger partial charge in [0.15, 0.2) is 0 Å². The maximum absolute atomic E-state index is 6.25. The molecular weight excluding hydrogens is 320 g/mol. The molecule has 5 heteroatoms. The minimum absolute atomic E-state index is 0.0764. The van der Waals surface area contributed by atoms with Crippen molar-refractivity contribution in [2.75, 3.05) is 39.8 Å². The highest BCUT2D eigenvalue weighted by Crippen LogP contribution is 2.39. The monoisotopic (exact) mass is 358 g/mol. The van der Waals surface area contributed by atoms with Crippen molar-refractivity contribution in [2.45, 2.75) is 77.1 Å². The number of rotatable bonds is 7. The first-order chi connectivity index (χ1) is 10.9.